The highest BCUT2D eigenvalue weighted by Gasteiger charge is 1.96. The summed E-state index contributed by atoms with van der Waals surface area (Å²) in [6, 6.07) is 0. The van der Waals surface area contributed by atoms with E-state index in [1.165, 1.54) is 24.2 Å². The van der Waals surface area contributed by atoms with Crippen molar-refractivity contribution in [3.05, 3.63) is 11.0 Å². The van der Waals surface area contributed by atoms with Gasteiger partial charge in [-0.15, -0.1) is 11.8 Å². The number of carbonyl (C=O) groups excluding carboxylic acids is 1. The Morgan fingerprint density at radius 1 is 1.13 bits per heavy atom. The smallest absolute Gasteiger partial charge is 0.129 e. The predicted molar refractivity (Wildman–Crippen MR) is 72.4 cm³/mol. The molecule has 0 aliphatic rings. The van der Waals surface area contributed by atoms with Crippen LogP contribution in [0.2, 0.25) is 0 Å². The zero-order valence-corrected chi connectivity index (χ0v) is 11.7. The van der Waals surface area contributed by atoms with Gasteiger partial charge in [-0.05, 0) is 44.3 Å². The molecular formula is C13H26OS. The van der Waals surface area contributed by atoms with Crippen LogP contribution in [0.4, 0.5) is 0 Å². The molecule has 0 unspecified atom stereocenters. The van der Waals surface area contributed by atoms with Crippen LogP contribution < -0.4 is 0 Å². The SMILES string of the molecule is C/C=C(/CCCCCC(C)=O)SC.CC. The van der Waals surface area contributed by atoms with E-state index in [1.54, 1.807) is 6.92 Å². The molecule has 0 N–H and O–H groups in total. The molecule has 0 heterocycles. The summed E-state index contributed by atoms with van der Waals surface area (Å²) in [7, 11) is 0. The first-order chi connectivity index (χ1) is 7.20. The van der Waals surface area contributed by atoms with Crippen molar-refractivity contribution in [2.45, 2.75) is 59.8 Å². The van der Waals surface area contributed by atoms with E-state index >= 15 is 0 Å². The summed E-state index contributed by atoms with van der Waals surface area (Å²) in [4.78, 5) is 12.1. The minimum atomic E-state index is 0.316. The van der Waals surface area contributed by atoms with Gasteiger partial charge in [0.2, 0.25) is 0 Å². The first kappa shape index (κ1) is 17.2. The molecule has 0 radical (unpaired) electrons. The number of thioether (sulfide) groups is 1. The van der Waals surface area contributed by atoms with Gasteiger partial charge in [0.05, 0.1) is 0 Å². The molecule has 0 aromatic carbocycles. The fourth-order valence-electron chi connectivity index (χ4n) is 1.21. The molecule has 15 heavy (non-hydrogen) atoms. The van der Waals surface area contributed by atoms with Crippen LogP contribution in [0.25, 0.3) is 0 Å². The quantitative estimate of drug-likeness (QED) is 0.583. The van der Waals surface area contributed by atoms with Crippen LogP contribution in [-0.4, -0.2) is 12.0 Å². The van der Waals surface area contributed by atoms with Crippen molar-refractivity contribution >= 4 is 17.5 Å². The molecule has 0 spiro atoms. The van der Waals surface area contributed by atoms with E-state index in [0.717, 1.165) is 12.8 Å². The Morgan fingerprint density at radius 2 is 1.67 bits per heavy atom. The molecule has 0 rings (SSSR count). The highest BCUT2D eigenvalue weighted by Crippen LogP contribution is 2.19. The molecule has 1 nitrogen and oxygen atoms in total. The number of hydrogen-bond acceptors (Lipinski definition) is 2. The second kappa shape index (κ2) is 13.8. The normalized spacial score (nSPS) is 10.6. The molecule has 90 valence electrons. The van der Waals surface area contributed by atoms with Gasteiger partial charge < -0.3 is 4.79 Å². The Bertz CT molecular complexity index is 173. The number of ketones is 1. The third-order valence-corrected chi connectivity index (χ3v) is 3.00. The molecule has 0 saturated heterocycles. The molecule has 0 fully saturated rings. The lowest BCUT2D eigenvalue weighted by Gasteiger charge is -2.02. The second-order valence-electron chi connectivity index (χ2n) is 3.22. The van der Waals surface area contributed by atoms with E-state index in [1.807, 2.05) is 25.6 Å². The molecule has 0 amide bonds. The topological polar surface area (TPSA) is 17.1 Å². The van der Waals surface area contributed by atoms with Gasteiger partial charge in [0.15, 0.2) is 0 Å². The van der Waals surface area contributed by atoms with Crippen molar-refractivity contribution in [3.63, 3.8) is 0 Å². The number of carbonyl (C=O) groups is 1. The molecule has 0 aromatic rings. The van der Waals surface area contributed by atoms with E-state index < -0.39 is 0 Å². The molecule has 0 bridgehead atoms. The van der Waals surface area contributed by atoms with Crippen LogP contribution >= 0.6 is 11.8 Å². The molecule has 2 heteroatoms. The third-order valence-electron chi connectivity index (χ3n) is 2.04. The fourth-order valence-corrected chi connectivity index (χ4v) is 1.80. The molecule has 0 aliphatic carbocycles. The Hall–Kier alpha value is -0.240. The lowest BCUT2D eigenvalue weighted by Crippen LogP contribution is -1.89. The first-order valence-corrected chi connectivity index (χ1v) is 7.11. The summed E-state index contributed by atoms with van der Waals surface area (Å²) in [6.07, 6.45) is 9.67. The average molecular weight is 230 g/mol. The summed E-state index contributed by atoms with van der Waals surface area (Å²) < 4.78 is 0. The van der Waals surface area contributed by atoms with Crippen LogP contribution in [0.5, 0.6) is 0 Å². The summed E-state index contributed by atoms with van der Waals surface area (Å²) in [5, 5.41) is 0. The summed E-state index contributed by atoms with van der Waals surface area (Å²) in [5.41, 5.74) is 0. The Morgan fingerprint density at radius 3 is 2.07 bits per heavy atom. The number of allylic oxidation sites excluding steroid dienone is 2. The van der Waals surface area contributed by atoms with Crippen LogP contribution in [0.1, 0.15) is 59.8 Å². The Kier molecular flexibility index (Phi) is 15.7. The maximum Gasteiger partial charge on any atom is 0.129 e. The number of hydrogen-bond donors (Lipinski definition) is 0. The van der Waals surface area contributed by atoms with Crippen molar-refractivity contribution < 1.29 is 4.79 Å². The van der Waals surface area contributed by atoms with Crippen LogP contribution in [0.3, 0.4) is 0 Å². The van der Waals surface area contributed by atoms with Gasteiger partial charge in [-0.2, -0.15) is 0 Å². The Balaban J connectivity index is 0. The lowest BCUT2D eigenvalue weighted by molar-refractivity contribution is -0.117. The summed E-state index contributed by atoms with van der Waals surface area (Å²) >= 11 is 1.83. The van der Waals surface area contributed by atoms with Gasteiger partial charge in [-0.1, -0.05) is 26.3 Å². The van der Waals surface area contributed by atoms with Crippen molar-refractivity contribution in [2.24, 2.45) is 0 Å². The first-order valence-electron chi connectivity index (χ1n) is 5.89. The van der Waals surface area contributed by atoms with Gasteiger partial charge in [0.1, 0.15) is 5.78 Å². The lowest BCUT2D eigenvalue weighted by atomic mass is 10.1. The van der Waals surface area contributed by atoms with Gasteiger partial charge >= 0.3 is 0 Å². The third kappa shape index (κ3) is 13.8. The van der Waals surface area contributed by atoms with Crippen molar-refractivity contribution in [3.8, 4) is 0 Å². The van der Waals surface area contributed by atoms with E-state index in [2.05, 4.69) is 19.3 Å². The fraction of sp³-hybridized carbons (Fsp3) is 0.769. The molecule has 0 aliphatic heterocycles. The van der Waals surface area contributed by atoms with E-state index in [4.69, 9.17) is 0 Å². The van der Waals surface area contributed by atoms with Crippen LogP contribution in [-0.2, 0) is 4.79 Å². The molecular weight excluding hydrogens is 204 g/mol. The van der Waals surface area contributed by atoms with Gasteiger partial charge in [0.25, 0.3) is 0 Å². The van der Waals surface area contributed by atoms with Crippen LogP contribution in [0, 0.1) is 0 Å². The molecule has 0 saturated carbocycles. The highest BCUT2D eigenvalue weighted by atomic mass is 32.2. The van der Waals surface area contributed by atoms with E-state index in [9.17, 15) is 4.79 Å². The van der Waals surface area contributed by atoms with Crippen LogP contribution in [0.15, 0.2) is 11.0 Å². The number of rotatable bonds is 7. The van der Waals surface area contributed by atoms with Gasteiger partial charge in [0, 0.05) is 6.42 Å². The Labute approximate surface area is 99.7 Å². The predicted octanol–water partition coefficient (Wildman–Crippen LogP) is 4.82. The molecule has 0 aromatic heterocycles. The number of unbranched alkanes of at least 4 members (excludes halogenated alkanes) is 2. The minimum absolute atomic E-state index is 0.316. The second-order valence-corrected chi connectivity index (χ2v) is 4.15. The van der Waals surface area contributed by atoms with Gasteiger partial charge in [-0.25, -0.2) is 0 Å². The standard InChI is InChI=1S/C11H20OS.C2H6/c1-4-11(13-3)9-7-5-6-8-10(2)12;1-2/h4H,5-9H2,1-3H3;1-2H3/b11-4-;. The highest BCUT2D eigenvalue weighted by molar-refractivity contribution is 8.02. The maximum atomic E-state index is 10.6. The van der Waals surface area contributed by atoms with Gasteiger partial charge in [-0.3, -0.25) is 0 Å². The zero-order chi connectivity index (χ0) is 12.1. The maximum absolute atomic E-state index is 10.6. The summed E-state index contributed by atoms with van der Waals surface area (Å²) in [5.74, 6) is 0.316. The summed E-state index contributed by atoms with van der Waals surface area (Å²) in [6.45, 7) is 7.75. The van der Waals surface area contributed by atoms with Crippen molar-refractivity contribution in [2.75, 3.05) is 6.26 Å². The zero-order valence-electron chi connectivity index (χ0n) is 10.9. The minimum Gasteiger partial charge on any atom is -0.300 e. The number of Topliss-reactive ketones (excluding diaryl/α,β-unsaturated/α-hetero) is 1. The monoisotopic (exact) mass is 230 g/mol. The molecule has 0 atom stereocenters. The van der Waals surface area contributed by atoms with E-state index in [0.29, 0.717) is 5.78 Å². The largest absolute Gasteiger partial charge is 0.300 e. The van der Waals surface area contributed by atoms with Crippen molar-refractivity contribution in [1.29, 1.82) is 0 Å². The average Bonchev–Trinajstić information content (AvgIpc) is 2.26. The van der Waals surface area contributed by atoms with E-state index in [-0.39, 0.29) is 0 Å². The van der Waals surface area contributed by atoms with Crippen molar-refractivity contribution in [1.82, 2.24) is 0 Å².